The minimum Gasteiger partial charge on any atom is -0.491 e. The highest BCUT2D eigenvalue weighted by atomic mass is 16.3. The van der Waals surface area contributed by atoms with Gasteiger partial charge in [-0.25, -0.2) is 0 Å². The van der Waals surface area contributed by atoms with E-state index in [0.29, 0.717) is 0 Å². The molecular weight excluding hydrogens is 96.0 g/mol. The van der Waals surface area contributed by atoms with Crippen molar-refractivity contribution in [3.63, 3.8) is 0 Å². The fraction of sp³-hybridized carbons (Fsp3) is 0. The molecule has 4 heteroatoms. The number of hydrogen-bond acceptors (Lipinski definition) is 3. The number of aromatic amines is 1. The quantitative estimate of drug-likeness (QED) is 0.415. The van der Waals surface area contributed by atoms with Gasteiger partial charge in [0.1, 0.15) is 0 Å². The van der Waals surface area contributed by atoms with Crippen molar-refractivity contribution in [2.45, 2.75) is 0 Å². The number of aromatic hydroxyl groups is 2. The summed E-state index contributed by atoms with van der Waals surface area (Å²) in [6.07, 6.45) is 2.12. The van der Waals surface area contributed by atoms with Gasteiger partial charge in [-0.05, 0) is 0 Å². The van der Waals surface area contributed by atoms with Crippen molar-refractivity contribution in [3.8, 4) is 11.8 Å². The number of nitrogens with one attached hydrogen (secondary N) is 1. The van der Waals surface area contributed by atoms with E-state index in [1.54, 1.807) is 0 Å². The number of aromatic nitrogens is 2. The summed E-state index contributed by atoms with van der Waals surface area (Å²) in [5, 5.41) is 16.7. The second-order valence-electron chi connectivity index (χ2n) is 1.02. The first kappa shape index (κ1) is 3.98. The molecule has 0 unspecified atom stereocenters. The van der Waals surface area contributed by atoms with Crippen LogP contribution >= 0.6 is 0 Å². The van der Waals surface area contributed by atoms with Crippen molar-refractivity contribution in [1.29, 1.82) is 0 Å². The van der Waals surface area contributed by atoms with Crippen LogP contribution in [0.15, 0.2) is 0 Å². The third kappa shape index (κ3) is 0.489. The molecule has 3 N–H and O–H groups in total. The second-order valence-corrected chi connectivity index (χ2v) is 1.02. The molecule has 0 saturated carbocycles. The summed E-state index contributed by atoms with van der Waals surface area (Å²) in [6.45, 7) is 0. The van der Waals surface area contributed by atoms with Gasteiger partial charge in [-0.15, -0.1) is 0 Å². The lowest BCUT2D eigenvalue weighted by atomic mass is 10.8. The topological polar surface area (TPSA) is 69.1 Å². The van der Waals surface area contributed by atoms with E-state index in [4.69, 9.17) is 10.2 Å². The van der Waals surface area contributed by atoms with Gasteiger partial charge in [0, 0.05) is 0 Å². The third-order valence-electron chi connectivity index (χ3n) is 0.548. The van der Waals surface area contributed by atoms with Crippen molar-refractivity contribution in [3.05, 3.63) is 6.33 Å². The van der Waals surface area contributed by atoms with E-state index in [-0.39, 0.29) is 5.88 Å². The van der Waals surface area contributed by atoms with Gasteiger partial charge < -0.3 is 15.2 Å². The predicted molar refractivity (Wildman–Crippen MR) is 20.8 cm³/mol. The molecule has 4 nitrogen and oxygen atoms in total. The Morgan fingerprint density at radius 1 is 1.57 bits per heavy atom. The third-order valence-corrected chi connectivity index (χ3v) is 0.548. The first-order valence-electron chi connectivity index (χ1n) is 1.64. The Hall–Kier alpha value is -1.19. The van der Waals surface area contributed by atoms with Gasteiger partial charge in [-0.2, -0.15) is 4.98 Å². The molecule has 37 valence electrons. The molecule has 0 saturated heterocycles. The van der Waals surface area contributed by atoms with Crippen LogP contribution in [0.25, 0.3) is 0 Å². The van der Waals surface area contributed by atoms with Gasteiger partial charge in [-0.1, -0.05) is 0 Å². The number of hydrogen-bond donors (Lipinski definition) is 3. The Labute approximate surface area is 39.4 Å². The molecule has 7 heavy (non-hydrogen) atoms. The van der Waals surface area contributed by atoms with Crippen molar-refractivity contribution in [2.24, 2.45) is 0 Å². The molecule has 1 radical (unpaired) electrons. The number of imidazole rings is 1. The van der Waals surface area contributed by atoms with E-state index in [2.05, 4.69) is 16.3 Å². The molecule has 0 fully saturated rings. The Kier molecular flexibility index (Phi) is 0.651. The number of nitrogens with zero attached hydrogens (tertiary/aromatic N) is 1. The first-order chi connectivity index (χ1) is 3.30. The summed E-state index contributed by atoms with van der Waals surface area (Å²) < 4.78 is 0. The number of rotatable bonds is 0. The normalized spacial score (nSPS) is 9.14. The highest BCUT2D eigenvalue weighted by Crippen LogP contribution is 2.14. The van der Waals surface area contributed by atoms with Crippen LogP contribution in [0.4, 0.5) is 0 Å². The lowest BCUT2D eigenvalue weighted by Gasteiger charge is -1.77. The highest BCUT2D eigenvalue weighted by molar-refractivity contribution is 5.19. The zero-order chi connectivity index (χ0) is 5.28. The van der Waals surface area contributed by atoms with Crippen LogP contribution in [-0.4, -0.2) is 20.2 Å². The van der Waals surface area contributed by atoms with Crippen LogP contribution in [0.1, 0.15) is 0 Å². The Balaban J connectivity index is 3.12. The summed E-state index contributed by atoms with van der Waals surface area (Å²) in [7, 11) is 0. The molecule has 0 aliphatic carbocycles. The van der Waals surface area contributed by atoms with Crippen LogP contribution in [0.5, 0.6) is 11.8 Å². The lowest BCUT2D eigenvalue weighted by Crippen LogP contribution is -1.58. The van der Waals surface area contributed by atoms with Crippen LogP contribution < -0.4 is 0 Å². The molecule has 0 aliphatic rings. The van der Waals surface area contributed by atoms with E-state index in [0.717, 1.165) is 0 Å². The zero-order valence-electron chi connectivity index (χ0n) is 3.34. The van der Waals surface area contributed by atoms with Gasteiger partial charge in [0.2, 0.25) is 0 Å². The Bertz CT molecular complexity index is 143. The van der Waals surface area contributed by atoms with E-state index in [9.17, 15) is 0 Å². The highest BCUT2D eigenvalue weighted by Gasteiger charge is 1.96. The molecule has 0 aliphatic heterocycles. The molecule has 0 bridgehead atoms. The fourth-order valence-corrected chi connectivity index (χ4v) is 0.243. The molecule has 1 aromatic rings. The van der Waals surface area contributed by atoms with Crippen LogP contribution in [0, 0.1) is 6.33 Å². The fourth-order valence-electron chi connectivity index (χ4n) is 0.243. The van der Waals surface area contributed by atoms with Crippen molar-refractivity contribution in [1.82, 2.24) is 9.97 Å². The molecule has 0 aromatic carbocycles. The zero-order valence-corrected chi connectivity index (χ0v) is 3.34. The minimum atomic E-state index is -0.417. The van der Waals surface area contributed by atoms with Crippen molar-refractivity contribution in [2.75, 3.05) is 0 Å². The summed E-state index contributed by atoms with van der Waals surface area (Å²) in [5.74, 6) is -0.764. The standard InChI is InChI=1S/C3H3N2O2/c6-2-3(7)5-1-4-2/h6-7H,(H,4,5). The van der Waals surface area contributed by atoms with Crippen molar-refractivity contribution >= 4 is 0 Å². The molecule has 1 aromatic heterocycles. The van der Waals surface area contributed by atoms with Gasteiger partial charge in [0.15, 0.2) is 6.33 Å². The van der Waals surface area contributed by atoms with Gasteiger partial charge in [0.05, 0.1) is 0 Å². The first-order valence-corrected chi connectivity index (χ1v) is 1.64. The Morgan fingerprint density at radius 3 is 2.43 bits per heavy atom. The predicted octanol–water partition coefficient (Wildman–Crippen LogP) is -0.379. The van der Waals surface area contributed by atoms with Crippen LogP contribution in [0.2, 0.25) is 0 Å². The summed E-state index contributed by atoms with van der Waals surface area (Å²) in [5.41, 5.74) is 0. The van der Waals surface area contributed by atoms with E-state index < -0.39 is 5.88 Å². The summed E-state index contributed by atoms with van der Waals surface area (Å²) in [4.78, 5) is 5.28. The summed E-state index contributed by atoms with van der Waals surface area (Å²) in [6, 6.07) is 0. The lowest BCUT2D eigenvalue weighted by molar-refractivity contribution is 0.386. The van der Waals surface area contributed by atoms with Crippen LogP contribution in [-0.2, 0) is 0 Å². The van der Waals surface area contributed by atoms with E-state index >= 15 is 0 Å². The molecular formula is C3H3N2O2. The molecule has 1 rings (SSSR count). The molecule has 0 amide bonds. The Morgan fingerprint density at radius 2 is 2.29 bits per heavy atom. The maximum atomic E-state index is 8.36. The van der Waals surface area contributed by atoms with E-state index in [1.165, 1.54) is 0 Å². The van der Waals surface area contributed by atoms with Crippen LogP contribution in [0.3, 0.4) is 0 Å². The number of H-pyrrole nitrogens is 1. The maximum absolute atomic E-state index is 8.36. The largest absolute Gasteiger partial charge is 0.491 e. The van der Waals surface area contributed by atoms with Crippen molar-refractivity contribution < 1.29 is 10.2 Å². The SMILES string of the molecule is Oc1n[c][nH]c1O. The smallest absolute Gasteiger partial charge is 0.275 e. The average Bonchev–Trinajstić information content (AvgIpc) is 1.91. The molecule has 0 spiro atoms. The second kappa shape index (κ2) is 1.14. The van der Waals surface area contributed by atoms with Gasteiger partial charge >= 0.3 is 0 Å². The van der Waals surface area contributed by atoms with E-state index in [1.807, 2.05) is 0 Å². The average molecular weight is 99.1 g/mol. The minimum absolute atomic E-state index is 0.347. The van der Waals surface area contributed by atoms with Gasteiger partial charge in [-0.3, -0.25) is 0 Å². The monoisotopic (exact) mass is 99.0 g/mol. The molecule has 1 heterocycles. The molecule has 0 atom stereocenters. The van der Waals surface area contributed by atoms with Gasteiger partial charge in [0.25, 0.3) is 11.8 Å². The summed E-state index contributed by atoms with van der Waals surface area (Å²) >= 11 is 0. The maximum Gasteiger partial charge on any atom is 0.275 e.